The van der Waals surface area contributed by atoms with Gasteiger partial charge in [0, 0.05) is 21.2 Å². The average molecular weight is 379 g/mol. The second-order valence-corrected chi connectivity index (χ2v) is 6.10. The van der Waals surface area contributed by atoms with Crippen LogP contribution >= 0.6 is 22.6 Å². The number of ether oxygens (including phenoxy) is 1. The molecule has 2 aromatic rings. The molecule has 0 radical (unpaired) electrons. The summed E-state index contributed by atoms with van der Waals surface area (Å²) in [6, 6.07) is 13.8. The lowest BCUT2D eigenvalue weighted by atomic mass is 10.2. The molecule has 0 heterocycles. The van der Waals surface area contributed by atoms with Gasteiger partial charge in [0.1, 0.15) is 11.5 Å². The lowest BCUT2D eigenvalue weighted by Crippen LogP contribution is -2.11. The minimum atomic E-state index is -0.0258. The number of para-hydroxylation sites is 1. The lowest BCUT2D eigenvalue weighted by Gasteiger charge is -2.16. The Kier molecular flexibility index (Phi) is 5.39. The van der Waals surface area contributed by atoms with Crippen LogP contribution < -0.4 is 4.74 Å². The summed E-state index contributed by atoms with van der Waals surface area (Å²) >= 11 is 2.23. The maximum absolute atomic E-state index is 9.44. The van der Waals surface area contributed by atoms with Crippen molar-refractivity contribution in [3.63, 3.8) is 0 Å². The van der Waals surface area contributed by atoms with Crippen LogP contribution in [0, 0.1) is 3.57 Å². The summed E-state index contributed by atoms with van der Waals surface area (Å²) in [7, 11) is 4.06. The molecule has 0 spiro atoms. The molecule has 1 N–H and O–H groups in total. The Morgan fingerprint density at radius 1 is 1.05 bits per heavy atom. The fraction of sp³-hybridized carbons (Fsp3) is 0.250. The minimum absolute atomic E-state index is 0.0258. The maximum atomic E-state index is 9.44. The minimum Gasteiger partial charge on any atom is -0.457 e. The Bertz CT molecular complexity index is 584. The van der Waals surface area contributed by atoms with Gasteiger partial charge < -0.3 is 14.7 Å². The lowest BCUT2D eigenvalue weighted by molar-refractivity contribution is 0.276. The number of hydrogen-bond donors (Lipinski definition) is 1. The SMILES string of the molecule is CN(C)Cc1ccccc1Oc1ccc([123I])cc1CO. The molecule has 0 aromatic heterocycles. The summed E-state index contributed by atoms with van der Waals surface area (Å²) in [5, 5.41) is 9.44. The first-order valence-electron chi connectivity index (χ1n) is 6.40. The Morgan fingerprint density at radius 2 is 1.75 bits per heavy atom. The van der Waals surface area contributed by atoms with Gasteiger partial charge in [-0.25, -0.2) is 0 Å². The zero-order valence-electron chi connectivity index (χ0n) is 11.6. The Labute approximate surface area is 133 Å². The molecule has 0 aliphatic carbocycles. The number of aliphatic hydroxyl groups is 1. The van der Waals surface area contributed by atoms with Crippen LogP contribution in [0.25, 0.3) is 0 Å². The van der Waals surface area contributed by atoms with Gasteiger partial charge in [-0.3, -0.25) is 0 Å². The molecule has 0 unspecified atom stereocenters. The zero-order chi connectivity index (χ0) is 14.5. The van der Waals surface area contributed by atoms with Gasteiger partial charge in [-0.2, -0.15) is 0 Å². The zero-order valence-corrected chi connectivity index (χ0v) is 13.8. The van der Waals surface area contributed by atoms with Gasteiger partial charge in [-0.1, -0.05) is 18.2 Å². The van der Waals surface area contributed by atoms with E-state index in [9.17, 15) is 5.11 Å². The van der Waals surface area contributed by atoms with Crippen molar-refractivity contribution >= 4 is 22.6 Å². The highest BCUT2D eigenvalue weighted by Gasteiger charge is 2.09. The fourth-order valence-electron chi connectivity index (χ4n) is 1.96. The van der Waals surface area contributed by atoms with Crippen LogP contribution in [0.15, 0.2) is 42.5 Å². The normalized spacial score (nSPS) is 10.8. The molecule has 0 bridgehead atoms. The number of benzene rings is 2. The number of nitrogens with zero attached hydrogens (tertiary/aromatic N) is 1. The predicted molar refractivity (Wildman–Crippen MR) is 89.0 cm³/mol. The molecular weight excluding hydrogens is 361 g/mol. The van der Waals surface area contributed by atoms with Crippen molar-refractivity contribution in [2.45, 2.75) is 13.2 Å². The maximum Gasteiger partial charge on any atom is 0.133 e. The molecule has 3 nitrogen and oxygen atoms in total. The third-order valence-electron chi connectivity index (χ3n) is 2.87. The Morgan fingerprint density at radius 3 is 2.45 bits per heavy atom. The summed E-state index contributed by atoms with van der Waals surface area (Å²) in [5.41, 5.74) is 1.93. The van der Waals surface area contributed by atoms with E-state index in [1.807, 2.05) is 50.5 Å². The van der Waals surface area contributed by atoms with E-state index in [0.717, 1.165) is 27.0 Å². The summed E-state index contributed by atoms with van der Waals surface area (Å²) < 4.78 is 7.08. The van der Waals surface area contributed by atoms with Gasteiger partial charge in [-0.15, -0.1) is 0 Å². The van der Waals surface area contributed by atoms with E-state index in [2.05, 4.69) is 33.6 Å². The van der Waals surface area contributed by atoms with Crippen molar-refractivity contribution in [1.29, 1.82) is 0 Å². The third kappa shape index (κ3) is 3.94. The monoisotopic (exact) mass is 379 g/mol. The number of hydrogen-bond acceptors (Lipinski definition) is 3. The van der Waals surface area contributed by atoms with Gasteiger partial charge in [0.25, 0.3) is 0 Å². The molecule has 0 saturated heterocycles. The predicted octanol–water partition coefficient (Wildman–Crippen LogP) is 3.64. The largest absolute Gasteiger partial charge is 0.457 e. The molecule has 0 saturated carbocycles. The van der Waals surface area contributed by atoms with E-state index in [1.165, 1.54) is 0 Å². The first kappa shape index (κ1) is 15.3. The fourth-order valence-corrected chi connectivity index (χ4v) is 2.52. The van der Waals surface area contributed by atoms with Gasteiger partial charge in [-0.05, 0) is 61.0 Å². The number of aliphatic hydroxyl groups excluding tert-OH is 1. The summed E-state index contributed by atoms with van der Waals surface area (Å²) in [5.74, 6) is 1.54. The standard InChI is InChI=1S/C16H18INO2/c1-18(2)10-12-5-3-4-6-15(12)20-16-8-7-14(17)9-13(16)11-19/h3-9,19H,10-11H2,1-2H3/i17-4. The van der Waals surface area contributed by atoms with Crippen LogP contribution in [0.3, 0.4) is 0 Å². The van der Waals surface area contributed by atoms with Crippen molar-refractivity contribution in [1.82, 2.24) is 4.90 Å². The van der Waals surface area contributed by atoms with Gasteiger partial charge in [0.2, 0.25) is 0 Å². The average Bonchev–Trinajstić information content (AvgIpc) is 2.42. The van der Waals surface area contributed by atoms with E-state index in [0.29, 0.717) is 5.75 Å². The molecule has 20 heavy (non-hydrogen) atoms. The third-order valence-corrected chi connectivity index (χ3v) is 3.54. The molecule has 0 atom stereocenters. The van der Waals surface area contributed by atoms with Crippen LogP contribution in [0.1, 0.15) is 11.1 Å². The van der Waals surface area contributed by atoms with E-state index in [-0.39, 0.29) is 6.61 Å². The molecule has 106 valence electrons. The molecule has 0 aliphatic heterocycles. The quantitative estimate of drug-likeness (QED) is 0.806. The topological polar surface area (TPSA) is 32.7 Å². The summed E-state index contributed by atoms with van der Waals surface area (Å²) in [6.45, 7) is 0.789. The van der Waals surface area contributed by atoms with Gasteiger partial charge >= 0.3 is 0 Å². The first-order valence-corrected chi connectivity index (χ1v) is 7.48. The van der Waals surface area contributed by atoms with E-state index < -0.39 is 0 Å². The van der Waals surface area contributed by atoms with Crippen molar-refractivity contribution < 1.29 is 9.84 Å². The van der Waals surface area contributed by atoms with Crippen LogP contribution in [0.4, 0.5) is 0 Å². The second kappa shape index (κ2) is 7.06. The van der Waals surface area contributed by atoms with Gasteiger partial charge in [0.05, 0.1) is 6.61 Å². The molecule has 2 aromatic carbocycles. The van der Waals surface area contributed by atoms with E-state index in [1.54, 1.807) is 0 Å². The molecule has 0 amide bonds. The van der Waals surface area contributed by atoms with Crippen LogP contribution in [0.5, 0.6) is 11.5 Å². The number of halogens is 1. The summed E-state index contributed by atoms with van der Waals surface area (Å²) in [4.78, 5) is 2.10. The van der Waals surface area contributed by atoms with Crippen molar-refractivity contribution in [3.8, 4) is 11.5 Å². The van der Waals surface area contributed by atoms with Crippen LogP contribution in [0.2, 0.25) is 0 Å². The molecule has 4 heteroatoms. The molecular formula is C16H18INO2. The number of rotatable bonds is 5. The molecule has 2 rings (SSSR count). The molecule has 0 aliphatic rings. The highest BCUT2D eigenvalue weighted by molar-refractivity contribution is 14.1. The van der Waals surface area contributed by atoms with Crippen LogP contribution in [-0.4, -0.2) is 24.1 Å². The Balaban J connectivity index is 2.30. The van der Waals surface area contributed by atoms with E-state index in [4.69, 9.17) is 4.74 Å². The highest BCUT2D eigenvalue weighted by Crippen LogP contribution is 2.29. The Hall–Kier alpha value is -1.11. The second-order valence-electron chi connectivity index (χ2n) is 4.86. The summed E-state index contributed by atoms with van der Waals surface area (Å²) in [6.07, 6.45) is 0. The smallest absolute Gasteiger partial charge is 0.133 e. The van der Waals surface area contributed by atoms with Crippen molar-refractivity contribution in [2.24, 2.45) is 0 Å². The first-order chi connectivity index (χ1) is 9.60. The van der Waals surface area contributed by atoms with Gasteiger partial charge in [0.15, 0.2) is 0 Å². The van der Waals surface area contributed by atoms with E-state index >= 15 is 0 Å². The van der Waals surface area contributed by atoms with Crippen molar-refractivity contribution in [2.75, 3.05) is 14.1 Å². The molecule has 0 fully saturated rings. The van der Waals surface area contributed by atoms with Crippen LogP contribution in [-0.2, 0) is 13.2 Å². The highest BCUT2D eigenvalue weighted by atomic mass is 123. The van der Waals surface area contributed by atoms with Crippen molar-refractivity contribution in [3.05, 3.63) is 57.2 Å².